The van der Waals surface area contributed by atoms with Gasteiger partial charge in [0.1, 0.15) is 22.8 Å². The molecule has 30 heavy (non-hydrogen) atoms. The average molecular weight is 424 g/mol. The number of carbonyl (C=O) groups is 1. The molecule has 1 amide bonds. The van der Waals surface area contributed by atoms with Crippen LogP contribution in [0.25, 0.3) is 17.0 Å². The number of halogens is 1. The molecule has 6 nitrogen and oxygen atoms in total. The van der Waals surface area contributed by atoms with Gasteiger partial charge >= 0.3 is 0 Å². The van der Waals surface area contributed by atoms with Crippen molar-refractivity contribution in [2.75, 3.05) is 11.4 Å². The molecule has 0 aliphatic rings. The van der Waals surface area contributed by atoms with Crippen LogP contribution in [-0.2, 0) is 0 Å². The number of aryl methyl sites for hydroxylation is 2. The van der Waals surface area contributed by atoms with Crippen LogP contribution in [0.1, 0.15) is 35.2 Å². The summed E-state index contributed by atoms with van der Waals surface area (Å²) in [7, 11) is 0. The zero-order chi connectivity index (χ0) is 21.4. The number of aromatic hydroxyl groups is 1. The highest BCUT2D eigenvalue weighted by Gasteiger charge is 2.28. The Labute approximate surface area is 179 Å². The van der Waals surface area contributed by atoms with Gasteiger partial charge in [0.15, 0.2) is 0 Å². The molecule has 0 saturated carbocycles. The lowest BCUT2D eigenvalue weighted by atomic mass is 10.1. The quantitative estimate of drug-likeness (QED) is 0.451. The number of rotatable bonds is 5. The first-order valence-corrected chi connectivity index (χ1v) is 10.1. The summed E-state index contributed by atoms with van der Waals surface area (Å²) in [6.07, 6.45) is 0.815. The number of carbonyl (C=O) groups excluding carboxylic acids is 1. The number of hydrogen-bond donors (Lipinski definition) is 1. The smallest absolute Gasteiger partial charge is 0.265 e. The Balaban J connectivity index is 1.86. The summed E-state index contributed by atoms with van der Waals surface area (Å²) >= 11 is 6.36. The van der Waals surface area contributed by atoms with Gasteiger partial charge in [-0.1, -0.05) is 36.7 Å². The maximum atomic E-state index is 13.6. The Morgan fingerprint density at radius 2 is 1.93 bits per heavy atom. The second-order valence-electron chi connectivity index (χ2n) is 7.14. The normalized spacial score (nSPS) is 11.2. The Bertz CT molecular complexity index is 1230. The maximum absolute atomic E-state index is 13.6. The Morgan fingerprint density at radius 3 is 2.60 bits per heavy atom. The first-order chi connectivity index (χ1) is 14.4. The van der Waals surface area contributed by atoms with E-state index in [9.17, 15) is 9.90 Å². The largest absolute Gasteiger partial charge is 0.508 e. The Morgan fingerprint density at radius 1 is 1.20 bits per heavy atom. The SMILES string of the molecule is CCCN(C(=O)c1c(C)nn2c(-c3ccc(O)cc3Cl)c(C)oc12)c1ccccc1. The summed E-state index contributed by atoms with van der Waals surface area (Å²) in [5.74, 6) is 0.500. The third kappa shape index (κ3) is 3.33. The van der Waals surface area contributed by atoms with Crippen LogP contribution >= 0.6 is 11.6 Å². The number of oxazole rings is 1. The molecule has 1 N–H and O–H groups in total. The van der Waals surface area contributed by atoms with Gasteiger partial charge in [0.25, 0.3) is 5.91 Å². The van der Waals surface area contributed by atoms with E-state index in [0.29, 0.717) is 45.6 Å². The number of benzene rings is 2. The monoisotopic (exact) mass is 423 g/mol. The second kappa shape index (κ2) is 7.88. The van der Waals surface area contributed by atoms with Crippen LogP contribution in [0.15, 0.2) is 52.9 Å². The molecular weight excluding hydrogens is 402 g/mol. The highest BCUT2D eigenvalue weighted by molar-refractivity contribution is 6.33. The molecule has 154 valence electrons. The van der Waals surface area contributed by atoms with Gasteiger partial charge in [-0.05, 0) is 50.6 Å². The number of amides is 1. The van der Waals surface area contributed by atoms with E-state index in [-0.39, 0.29) is 11.7 Å². The lowest BCUT2D eigenvalue weighted by molar-refractivity contribution is 0.0987. The molecule has 2 aromatic heterocycles. The van der Waals surface area contributed by atoms with E-state index in [0.717, 1.165) is 12.1 Å². The van der Waals surface area contributed by atoms with Gasteiger partial charge in [-0.2, -0.15) is 9.61 Å². The third-order valence-electron chi connectivity index (χ3n) is 4.99. The number of phenols is 1. The van der Waals surface area contributed by atoms with Crippen molar-refractivity contribution in [2.45, 2.75) is 27.2 Å². The van der Waals surface area contributed by atoms with Crippen molar-refractivity contribution in [2.24, 2.45) is 0 Å². The van der Waals surface area contributed by atoms with Crippen molar-refractivity contribution in [1.82, 2.24) is 9.61 Å². The van der Waals surface area contributed by atoms with Gasteiger partial charge in [0.05, 0.1) is 10.7 Å². The molecule has 2 heterocycles. The average Bonchev–Trinajstić information content (AvgIpc) is 3.19. The molecule has 4 aromatic rings. The molecule has 0 unspecified atom stereocenters. The fraction of sp³-hybridized carbons (Fsp3) is 0.217. The molecule has 0 saturated heterocycles. The molecule has 4 rings (SSSR count). The fourth-order valence-electron chi connectivity index (χ4n) is 3.65. The van der Waals surface area contributed by atoms with Gasteiger partial charge < -0.3 is 14.4 Å². The zero-order valence-corrected chi connectivity index (χ0v) is 17.8. The highest BCUT2D eigenvalue weighted by atomic mass is 35.5. The fourth-order valence-corrected chi connectivity index (χ4v) is 3.92. The highest BCUT2D eigenvalue weighted by Crippen LogP contribution is 2.36. The number of anilines is 1. The van der Waals surface area contributed by atoms with Crippen LogP contribution in [-0.4, -0.2) is 27.2 Å². The van der Waals surface area contributed by atoms with Gasteiger partial charge in [-0.25, -0.2) is 0 Å². The molecule has 0 atom stereocenters. The van der Waals surface area contributed by atoms with Crippen LogP contribution < -0.4 is 4.90 Å². The maximum Gasteiger partial charge on any atom is 0.265 e. The van der Waals surface area contributed by atoms with E-state index in [2.05, 4.69) is 5.10 Å². The summed E-state index contributed by atoms with van der Waals surface area (Å²) in [6, 6.07) is 14.3. The first kappa shape index (κ1) is 20.0. The predicted octanol–water partition coefficient (Wildman–Crippen LogP) is 5.63. The summed E-state index contributed by atoms with van der Waals surface area (Å²) in [4.78, 5) is 15.3. The molecule has 0 radical (unpaired) electrons. The minimum Gasteiger partial charge on any atom is -0.508 e. The standard InChI is InChI=1S/C23H22ClN3O3/c1-4-12-26(16-8-6-5-7-9-16)22(29)20-14(2)25-27-21(15(3)30-23(20)27)18-11-10-17(28)13-19(18)24/h5-11,13,28H,4,12H2,1-3H3. The third-order valence-corrected chi connectivity index (χ3v) is 5.31. The molecule has 0 spiro atoms. The minimum atomic E-state index is -0.160. The van der Waals surface area contributed by atoms with Gasteiger partial charge in [0.2, 0.25) is 5.71 Å². The Hall–Kier alpha value is -3.25. The lowest BCUT2D eigenvalue weighted by Gasteiger charge is -2.21. The number of nitrogens with zero attached hydrogens (tertiary/aromatic N) is 3. The van der Waals surface area contributed by atoms with Crippen LogP contribution in [0.2, 0.25) is 5.02 Å². The Kier molecular flexibility index (Phi) is 5.26. The summed E-state index contributed by atoms with van der Waals surface area (Å²) < 4.78 is 7.62. The van der Waals surface area contributed by atoms with E-state index in [1.807, 2.05) is 37.3 Å². The van der Waals surface area contributed by atoms with Gasteiger partial charge in [0, 0.05) is 17.8 Å². The molecule has 0 aliphatic heterocycles. The first-order valence-electron chi connectivity index (χ1n) is 9.77. The van der Waals surface area contributed by atoms with Crippen LogP contribution in [0.5, 0.6) is 5.75 Å². The lowest BCUT2D eigenvalue weighted by Crippen LogP contribution is -2.32. The van der Waals surface area contributed by atoms with Crippen molar-refractivity contribution >= 4 is 28.9 Å². The summed E-state index contributed by atoms with van der Waals surface area (Å²) in [6.45, 7) is 6.21. The van der Waals surface area contributed by atoms with E-state index >= 15 is 0 Å². The van der Waals surface area contributed by atoms with Crippen LogP contribution in [0.4, 0.5) is 5.69 Å². The summed E-state index contributed by atoms with van der Waals surface area (Å²) in [5.41, 5.74) is 3.53. The van der Waals surface area contributed by atoms with E-state index in [1.54, 1.807) is 35.4 Å². The minimum absolute atomic E-state index is 0.0757. The van der Waals surface area contributed by atoms with Crippen molar-refractivity contribution in [3.8, 4) is 17.0 Å². The van der Waals surface area contributed by atoms with Crippen LogP contribution in [0.3, 0.4) is 0 Å². The number of phenolic OH excluding ortho intramolecular Hbond substituents is 1. The van der Waals surface area contributed by atoms with Crippen molar-refractivity contribution < 1.29 is 14.3 Å². The predicted molar refractivity (Wildman–Crippen MR) is 117 cm³/mol. The van der Waals surface area contributed by atoms with Crippen LogP contribution in [0, 0.1) is 13.8 Å². The number of fused-ring (bicyclic) bond motifs is 1. The number of para-hydroxylation sites is 1. The molecule has 2 aromatic carbocycles. The van der Waals surface area contributed by atoms with E-state index in [4.69, 9.17) is 16.0 Å². The molecule has 0 aliphatic carbocycles. The second-order valence-corrected chi connectivity index (χ2v) is 7.55. The molecule has 0 fully saturated rings. The van der Waals surface area contributed by atoms with Crippen molar-refractivity contribution in [1.29, 1.82) is 0 Å². The van der Waals surface area contributed by atoms with Gasteiger partial charge in [-0.15, -0.1) is 0 Å². The van der Waals surface area contributed by atoms with Crippen molar-refractivity contribution in [3.63, 3.8) is 0 Å². The van der Waals surface area contributed by atoms with Crippen molar-refractivity contribution in [3.05, 3.63) is 70.6 Å². The zero-order valence-electron chi connectivity index (χ0n) is 17.0. The molecule has 7 heteroatoms. The van der Waals surface area contributed by atoms with E-state index < -0.39 is 0 Å². The number of aromatic nitrogens is 2. The topological polar surface area (TPSA) is 71.0 Å². The van der Waals surface area contributed by atoms with Gasteiger partial charge in [-0.3, -0.25) is 4.79 Å². The van der Waals surface area contributed by atoms with E-state index in [1.165, 1.54) is 6.07 Å². The molecule has 0 bridgehead atoms. The molecular formula is C23H22ClN3O3. The number of hydrogen-bond acceptors (Lipinski definition) is 4. The summed E-state index contributed by atoms with van der Waals surface area (Å²) in [5, 5.41) is 14.6.